The molecule has 3 nitrogen and oxygen atoms in total. The highest BCUT2D eigenvalue weighted by Gasteiger charge is 2.43. The van der Waals surface area contributed by atoms with Crippen molar-refractivity contribution in [1.82, 2.24) is 4.90 Å². The van der Waals surface area contributed by atoms with Crippen molar-refractivity contribution in [3.8, 4) is 0 Å². The minimum Gasteiger partial charge on any atom is -0.370 e. The Balaban J connectivity index is 2.44. The summed E-state index contributed by atoms with van der Waals surface area (Å²) >= 11 is 0. The Bertz CT molecular complexity index is 427. The van der Waals surface area contributed by atoms with E-state index in [2.05, 4.69) is 61.0 Å². The second kappa shape index (κ2) is 5.01. The van der Waals surface area contributed by atoms with Crippen molar-refractivity contribution >= 4 is 5.96 Å². The molecule has 0 saturated carbocycles. The molecule has 0 radical (unpaired) electrons. The first-order chi connectivity index (χ1) is 8.65. The third kappa shape index (κ3) is 1.88. The smallest absolute Gasteiger partial charge is 0.192 e. The molecule has 0 saturated heterocycles. The Labute approximate surface area is 110 Å². The largest absolute Gasteiger partial charge is 0.370 e. The average Bonchev–Trinajstić information content (AvgIpc) is 2.77. The van der Waals surface area contributed by atoms with Gasteiger partial charge >= 0.3 is 0 Å². The molecule has 1 aliphatic heterocycles. The number of aliphatic imine (C=N–C) groups is 1. The normalized spacial score (nSPS) is 25.1. The Morgan fingerprint density at radius 1 is 1.33 bits per heavy atom. The van der Waals surface area contributed by atoms with Crippen LogP contribution in [0.4, 0.5) is 0 Å². The van der Waals surface area contributed by atoms with Crippen molar-refractivity contribution in [2.75, 3.05) is 6.54 Å². The lowest BCUT2D eigenvalue weighted by Gasteiger charge is -2.42. The zero-order chi connectivity index (χ0) is 13.2. The molecule has 18 heavy (non-hydrogen) atoms. The van der Waals surface area contributed by atoms with Gasteiger partial charge in [0.1, 0.15) is 0 Å². The van der Waals surface area contributed by atoms with Gasteiger partial charge in [-0.25, -0.2) is 0 Å². The van der Waals surface area contributed by atoms with E-state index in [9.17, 15) is 0 Å². The predicted octanol–water partition coefficient (Wildman–Crippen LogP) is 2.72. The molecule has 2 N–H and O–H groups in total. The van der Waals surface area contributed by atoms with Crippen LogP contribution in [0.5, 0.6) is 0 Å². The van der Waals surface area contributed by atoms with Gasteiger partial charge < -0.3 is 10.6 Å². The quantitative estimate of drug-likeness (QED) is 0.886. The first kappa shape index (κ1) is 12.9. The van der Waals surface area contributed by atoms with Crippen molar-refractivity contribution < 1.29 is 0 Å². The van der Waals surface area contributed by atoms with E-state index in [4.69, 9.17) is 5.73 Å². The monoisotopic (exact) mass is 245 g/mol. The molecule has 0 aliphatic carbocycles. The fraction of sp³-hybridized carbons (Fsp3) is 0.533. The van der Waals surface area contributed by atoms with Gasteiger partial charge in [0.15, 0.2) is 5.96 Å². The SMILES string of the molecule is CCC(C)N1C(N)=NCC1(CC)c1ccccc1. The molecular formula is C15H23N3. The lowest BCUT2D eigenvalue weighted by atomic mass is 9.85. The van der Waals surface area contributed by atoms with E-state index in [1.165, 1.54) is 5.56 Å². The van der Waals surface area contributed by atoms with Crippen LogP contribution in [-0.4, -0.2) is 23.4 Å². The summed E-state index contributed by atoms with van der Waals surface area (Å²) in [4.78, 5) is 6.82. The third-order valence-corrected chi connectivity index (χ3v) is 4.14. The van der Waals surface area contributed by atoms with Gasteiger partial charge in [0, 0.05) is 6.04 Å². The van der Waals surface area contributed by atoms with Crippen LogP contribution in [0.15, 0.2) is 35.3 Å². The fourth-order valence-electron chi connectivity index (χ4n) is 2.88. The summed E-state index contributed by atoms with van der Waals surface area (Å²) in [6, 6.07) is 11.0. The van der Waals surface area contributed by atoms with Gasteiger partial charge in [-0.3, -0.25) is 4.99 Å². The summed E-state index contributed by atoms with van der Waals surface area (Å²) in [6.07, 6.45) is 2.09. The van der Waals surface area contributed by atoms with E-state index < -0.39 is 0 Å². The molecule has 1 aliphatic rings. The summed E-state index contributed by atoms with van der Waals surface area (Å²) in [5.41, 5.74) is 7.38. The topological polar surface area (TPSA) is 41.6 Å². The molecule has 0 bridgehead atoms. The summed E-state index contributed by atoms with van der Waals surface area (Å²) in [6.45, 7) is 7.41. The minimum atomic E-state index is -0.0548. The summed E-state index contributed by atoms with van der Waals surface area (Å²) < 4.78 is 0. The molecule has 0 spiro atoms. The van der Waals surface area contributed by atoms with Crippen molar-refractivity contribution in [3.05, 3.63) is 35.9 Å². The van der Waals surface area contributed by atoms with Crippen LogP contribution in [0.1, 0.15) is 39.2 Å². The van der Waals surface area contributed by atoms with Gasteiger partial charge in [-0.15, -0.1) is 0 Å². The highest BCUT2D eigenvalue weighted by atomic mass is 15.4. The fourth-order valence-corrected chi connectivity index (χ4v) is 2.88. The van der Waals surface area contributed by atoms with Crippen LogP contribution in [0, 0.1) is 0 Å². The van der Waals surface area contributed by atoms with Gasteiger partial charge in [0.2, 0.25) is 0 Å². The maximum absolute atomic E-state index is 6.12. The second-order valence-electron chi connectivity index (χ2n) is 5.05. The second-order valence-corrected chi connectivity index (χ2v) is 5.05. The molecule has 2 atom stereocenters. The highest BCUT2D eigenvalue weighted by Crippen LogP contribution is 2.38. The zero-order valence-electron chi connectivity index (χ0n) is 11.6. The standard InChI is InChI=1S/C15H23N3/c1-4-12(3)18-14(16)17-11-15(18,5-2)13-9-7-6-8-10-13/h6-10,12H,4-5,11H2,1-3H3,(H2,16,17). The van der Waals surface area contributed by atoms with E-state index >= 15 is 0 Å². The lowest BCUT2D eigenvalue weighted by molar-refractivity contribution is 0.146. The molecule has 3 heteroatoms. The molecular weight excluding hydrogens is 222 g/mol. The van der Waals surface area contributed by atoms with Crippen LogP contribution in [0.3, 0.4) is 0 Å². The number of nitrogens with zero attached hydrogens (tertiary/aromatic N) is 2. The van der Waals surface area contributed by atoms with Gasteiger partial charge in [-0.05, 0) is 25.3 Å². The van der Waals surface area contributed by atoms with Gasteiger partial charge in [0.05, 0.1) is 12.1 Å². The maximum atomic E-state index is 6.12. The minimum absolute atomic E-state index is 0.0548. The molecule has 0 aromatic heterocycles. The number of rotatable bonds is 4. The zero-order valence-corrected chi connectivity index (χ0v) is 11.6. The van der Waals surface area contributed by atoms with Gasteiger partial charge in [-0.1, -0.05) is 44.2 Å². The molecule has 2 rings (SSSR count). The number of nitrogens with two attached hydrogens (primary N) is 1. The van der Waals surface area contributed by atoms with Crippen molar-refractivity contribution in [3.63, 3.8) is 0 Å². The molecule has 1 heterocycles. The summed E-state index contributed by atoms with van der Waals surface area (Å²) in [7, 11) is 0. The van der Waals surface area contributed by atoms with Crippen LogP contribution in [-0.2, 0) is 5.54 Å². The van der Waals surface area contributed by atoms with Crippen molar-refractivity contribution in [2.45, 2.75) is 45.2 Å². The Morgan fingerprint density at radius 3 is 2.56 bits per heavy atom. The third-order valence-electron chi connectivity index (χ3n) is 4.14. The first-order valence-electron chi connectivity index (χ1n) is 6.80. The first-order valence-corrected chi connectivity index (χ1v) is 6.80. The molecule has 0 amide bonds. The predicted molar refractivity (Wildman–Crippen MR) is 76.5 cm³/mol. The average molecular weight is 245 g/mol. The Morgan fingerprint density at radius 2 is 2.00 bits per heavy atom. The van der Waals surface area contributed by atoms with E-state index in [0.717, 1.165) is 19.4 Å². The van der Waals surface area contributed by atoms with E-state index in [0.29, 0.717) is 12.0 Å². The van der Waals surface area contributed by atoms with E-state index in [-0.39, 0.29) is 5.54 Å². The Hall–Kier alpha value is -1.51. The van der Waals surface area contributed by atoms with Gasteiger partial charge in [-0.2, -0.15) is 0 Å². The molecule has 1 aromatic rings. The number of guanidine groups is 1. The molecule has 98 valence electrons. The molecule has 2 unspecified atom stereocenters. The summed E-state index contributed by atoms with van der Waals surface area (Å²) in [5, 5.41) is 0. The highest BCUT2D eigenvalue weighted by molar-refractivity contribution is 5.81. The molecule has 0 fully saturated rings. The Kier molecular flexibility index (Phi) is 3.60. The molecule has 1 aromatic carbocycles. The van der Waals surface area contributed by atoms with Crippen molar-refractivity contribution in [2.24, 2.45) is 10.7 Å². The lowest BCUT2D eigenvalue weighted by Crippen LogP contribution is -2.53. The van der Waals surface area contributed by atoms with E-state index in [1.807, 2.05) is 0 Å². The van der Waals surface area contributed by atoms with Gasteiger partial charge in [0.25, 0.3) is 0 Å². The van der Waals surface area contributed by atoms with Crippen LogP contribution in [0.25, 0.3) is 0 Å². The number of benzene rings is 1. The van der Waals surface area contributed by atoms with Crippen LogP contribution in [0.2, 0.25) is 0 Å². The van der Waals surface area contributed by atoms with Crippen LogP contribution >= 0.6 is 0 Å². The number of hydrogen-bond acceptors (Lipinski definition) is 3. The summed E-state index contributed by atoms with van der Waals surface area (Å²) in [5.74, 6) is 0.690. The van der Waals surface area contributed by atoms with Crippen LogP contribution < -0.4 is 5.73 Å². The van der Waals surface area contributed by atoms with E-state index in [1.54, 1.807) is 0 Å². The maximum Gasteiger partial charge on any atom is 0.192 e. The van der Waals surface area contributed by atoms with Crippen molar-refractivity contribution in [1.29, 1.82) is 0 Å². The number of hydrogen-bond donors (Lipinski definition) is 1.